The molecule has 28 heavy (non-hydrogen) atoms. The van der Waals surface area contributed by atoms with E-state index in [2.05, 4.69) is 20.8 Å². The van der Waals surface area contributed by atoms with Crippen LogP contribution in [0.1, 0.15) is 45.3 Å². The standard InChI is InChI=1S/C22H26N4O2/c1-22(2,3)21-25-20(28-26-21)11-7-10-19(27)24-18-14-12-17(13-15-18)23-16-8-5-4-6-9-16/h4-6,8-9,12-15,23H,7,10-11H2,1-3H3,(H,24,27). The topological polar surface area (TPSA) is 80.0 Å². The van der Waals surface area contributed by atoms with Crippen molar-refractivity contribution in [3.8, 4) is 0 Å². The molecule has 0 saturated carbocycles. The highest BCUT2D eigenvalue weighted by Gasteiger charge is 2.20. The zero-order valence-electron chi connectivity index (χ0n) is 16.5. The SMILES string of the molecule is CC(C)(C)c1noc(CCCC(=O)Nc2ccc(Nc3ccccc3)cc2)n1. The van der Waals surface area contributed by atoms with Crippen LogP contribution in [-0.2, 0) is 16.6 Å². The molecule has 0 fully saturated rings. The molecule has 2 N–H and O–H groups in total. The van der Waals surface area contributed by atoms with Crippen LogP contribution in [0.4, 0.5) is 17.1 Å². The summed E-state index contributed by atoms with van der Waals surface area (Å²) in [6, 6.07) is 17.6. The van der Waals surface area contributed by atoms with E-state index in [4.69, 9.17) is 4.52 Å². The van der Waals surface area contributed by atoms with E-state index in [1.807, 2.05) is 75.4 Å². The number of carbonyl (C=O) groups is 1. The molecule has 1 heterocycles. The van der Waals surface area contributed by atoms with Crippen molar-refractivity contribution in [2.75, 3.05) is 10.6 Å². The number of anilines is 3. The summed E-state index contributed by atoms with van der Waals surface area (Å²) in [5.41, 5.74) is 2.63. The van der Waals surface area contributed by atoms with Gasteiger partial charge in [-0.1, -0.05) is 44.1 Å². The van der Waals surface area contributed by atoms with Gasteiger partial charge in [-0.25, -0.2) is 0 Å². The van der Waals surface area contributed by atoms with E-state index in [1.54, 1.807) is 0 Å². The Morgan fingerprint density at radius 3 is 2.25 bits per heavy atom. The summed E-state index contributed by atoms with van der Waals surface area (Å²) in [6.45, 7) is 6.11. The Morgan fingerprint density at radius 1 is 0.964 bits per heavy atom. The monoisotopic (exact) mass is 378 g/mol. The number of nitrogens with one attached hydrogen (secondary N) is 2. The third-order valence-electron chi connectivity index (χ3n) is 4.16. The number of aromatic nitrogens is 2. The largest absolute Gasteiger partial charge is 0.356 e. The van der Waals surface area contributed by atoms with Crippen LogP contribution in [-0.4, -0.2) is 16.0 Å². The average molecular weight is 378 g/mol. The molecule has 3 rings (SSSR count). The van der Waals surface area contributed by atoms with E-state index in [0.29, 0.717) is 31.0 Å². The maximum absolute atomic E-state index is 12.1. The van der Waals surface area contributed by atoms with Gasteiger partial charge in [-0.2, -0.15) is 4.98 Å². The molecule has 0 spiro atoms. The lowest BCUT2D eigenvalue weighted by atomic mass is 9.96. The van der Waals surface area contributed by atoms with E-state index in [0.717, 1.165) is 17.1 Å². The fraction of sp³-hybridized carbons (Fsp3) is 0.318. The van der Waals surface area contributed by atoms with Gasteiger partial charge in [0.25, 0.3) is 0 Å². The van der Waals surface area contributed by atoms with Gasteiger partial charge in [-0.15, -0.1) is 0 Å². The summed E-state index contributed by atoms with van der Waals surface area (Å²) in [7, 11) is 0. The molecule has 1 aromatic heterocycles. The smallest absolute Gasteiger partial charge is 0.226 e. The van der Waals surface area contributed by atoms with E-state index >= 15 is 0 Å². The summed E-state index contributed by atoms with van der Waals surface area (Å²) in [6.07, 6.45) is 1.65. The van der Waals surface area contributed by atoms with Crippen molar-refractivity contribution >= 4 is 23.0 Å². The Hall–Kier alpha value is -3.15. The second-order valence-corrected chi connectivity index (χ2v) is 7.73. The molecule has 6 nitrogen and oxygen atoms in total. The molecular formula is C22H26N4O2. The molecule has 1 amide bonds. The summed E-state index contributed by atoms with van der Waals surface area (Å²) >= 11 is 0. The van der Waals surface area contributed by atoms with Gasteiger partial charge in [0.1, 0.15) is 0 Å². The first-order valence-corrected chi connectivity index (χ1v) is 9.45. The molecule has 0 saturated heterocycles. The number of para-hydroxylation sites is 1. The van der Waals surface area contributed by atoms with Crippen molar-refractivity contribution in [2.45, 2.75) is 45.4 Å². The van der Waals surface area contributed by atoms with Gasteiger partial charge in [-0.05, 0) is 42.8 Å². The number of benzene rings is 2. The first-order chi connectivity index (χ1) is 13.4. The molecule has 2 aromatic carbocycles. The summed E-state index contributed by atoms with van der Waals surface area (Å²) < 4.78 is 5.25. The molecule has 0 radical (unpaired) electrons. The molecule has 0 aliphatic rings. The number of rotatable bonds is 7. The molecule has 3 aromatic rings. The van der Waals surface area contributed by atoms with E-state index in [9.17, 15) is 4.79 Å². The minimum absolute atomic E-state index is 0.0284. The lowest BCUT2D eigenvalue weighted by Crippen LogP contribution is -2.13. The third kappa shape index (κ3) is 5.67. The van der Waals surface area contributed by atoms with Crippen LogP contribution < -0.4 is 10.6 Å². The minimum atomic E-state index is -0.138. The zero-order chi connectivity index (χ0) is 20.0. The van der Waals surface area contributed by atoms with Crippen molar-refractivity contribution in [2.24, 2.45) is 0 Å². The highest BCUT2D eigenvalue weighted by molar-refractivity contribution is 5.90. The van der Waals surface area contributed by atoms with Gasteiger partial charge in [0.2, 0.25) is 11.8 Å². The van der Waals surface area contributed by atoms with E-state index < -0.39 is 0 Å². The predicted molar refractivity (Wildman–Crippen MR) is 111 cm³/mol. The Bertz CT molecular complexity index is 896. The minimum Gasteiger partial charge on any atom is -0.356 e. The van der Waals surface area contributed by atoms with Gasteiger partial charge >= 0.3 is 0 Å². The van der Waals surface area contributed by atoms with Crippen LogP contribution in [0.25, 0.3) is 0 Å². The third-order valence-corrected chi connectivity index (χ3v) is 4.16. The number of hydrogen-bond donors (Lipinski definition) is 2. The Balaban J connectivity index is 1.44. The first kappa shape index (κ1) is 19.6. The summed E-state index contributed by atoms with van der Waals surface area (Å²) in [4.78, 5) is 16.5. The van der Waals surface area contributed by atoms with Gasteiger partial charge < -0.3 is 15.2 Å². The van der Waals surface area contributed by atoms with Gasteiger partial charge in [0.05, 0.1) is 0 Å². The maximum atomic E-state index is 12.1. The Labute approximate surface area is 165 Å². The summed E-state index contributed by atoms with van der Waals surface area (Å²) in [5, 5.41) is 10.2. The lowest BCUT2D eigenvalue weighted by molar-refractivity contribution is -0.116. The fourth-order valence-electron chi connectivity index (χ4n) is 2.61. The molecular weight excluding hydrogens is 352 g/mol. The molecule has 0 aliphatic carbocycles. The summed E-state index contributed by atoms with van der Waals surface area (Å²) in [5.74, 6) is 1.24. The zero-order valence-corrected chi connectivity index (χ0v) is 16.5. The van der Waals surface area contributed by atoms with Crippen LogP contribution in [0.3, 0.4) is 0 Å². The van der Waals surface area contributed by atoms with Crippen LogP contribution >= 0.6 is 0 Å². The predicted octanol–water partition coefficient (Wildman–Crippen LogP) is 5.07. The quantitative estimate of drug-likeness (QED) is 0.600. The van der Waals surface area contributed by atoms with Gasteiger partial charge in [-0.3, -0.25) is 4.79 Å². The molecule has 146 valence electrons. The van der Waals surface area contributed by atoms with Crippen LogP contribution in [0, 0.1) is 0 Å². The number of hydrogen-bond acceptors (Lipinski definition) is 5. The Morgan fingerprint density at radius 2 is 1.61 bits per heavy atom. The maximum Gasteiger partial charge on any atom is 0.226 e. The van der Waals surface area contributed by atoms with Gasteiger partial charge in [0.15, 0.2) is 5.82 Å². The molecule has 0 unspecified atom stereocenters. The van der Waals surface area contributed by atoms with Crippen LogP contribution in [0.15, 0.2) is 59.1 Å². The van der Waals surface area contributed by atoms with Crippen molar-refractivity contribution in [3.63, 3.8) is 0 Å². The van der Waals surface area contributed by atoms with Crippen molar-refractivity contribution in [1.82, 2.24) is 10.1 Å². The number of amides is 1. The van der Waals surface area contributed by atoms with E-state index in [-0.39, 0.29) is 11.3 Å². The molecule has 0 atom stereocenters. The number of aryl methyl sites for hydroxylation is 1. The second-order valence-electron chi connectivity index (χ2n) is 7.73. The number of carbonyl (C=O) groups excluding carboxylic acids is 1. The Kier molecular flexibility index (Phi) is 6.09. The average Bonchev–Trinajstić information content (AvgIpc) is 3.14. The second kappa shape index (κ2) is 8.69. The van der Waals surface area contributed by atoms with Crippen molar-refractivity contribution < 1.29 is 9.32 Å². The van der Waals surface area contributed by atoms with E-state index in [1.165, 1.54) is 0 Å². The van der Waals surface area contributed by atoms with Crippen molar-refractivity contribution in [1.29, 1.82) is 0 Å². The highest BCUT2D eigenvalue weighted by atomic mass is 16.5. The van der Waals surface area contributed by atoms with Crippen LogP contribution in [0.5, 0.6) is 0 Å². The van der Waals surface area contributed by atoms with Crippen molar-refractivity contribution in [3.05, 3.63) is 66.3 Å². The normalized spacial score (nSPS) is 11.2. The molecule has 0 bridgehead atoms. The number of nitrogens with zero attached hydrogens (tertiary/aromatic N) is 2. The van der Waals surface area contributed by atoms with Gasteiger partial charge in [0, 0.05) is 35.3 Å². The lowest BCUT2D eigenvalue weighted by Gasteiger charge is -2.10. The molecule has 0 aliphatic heterocycles. The van der Waals surface area contributed by atoms with Crippen LogP contribution in [0.2, 0.25) is 0 Å². The molecule has 6 heteroatoms. The first-order valence-electron chi connectivity index (χ1n) is 9.45. The highest BCUT2D eigenvalue weighted by Crippen LogP contribution is 2.20. The fourth-order valence-corrected chi connectivity index (χ4v) is 2.61.